The van der Waals surface area contributed by atoms with E-state index < -0.39 is 0 Å². The van der Waals surface area contributed by atoms with Crippen molar-refractivity contribution in [3.05, 3.63) is 156 Å². The monoisotopic (exact) mass is 596 g/mol. The number of hydrogen-bond acceptors (Lipinski definition) is 2. The van der Waals surface area contributed by atoms with Gasteiger partial charge in [-0.2, -0.15) is 0 Å². The lowest BCUT2D eigenvalue weighted by molar-refractivity contribution is 0.590. The predicted molar refractivity (Wildman–Crippen MR) is 197 cm³/mol. The second kappa shape index (κ2) is 11.4. The lowest BCUT2D eigenvalue weighted by atomic mass is 9.85. The molecular weight excluding hydrogens is 556 g/mol. The zero-order valence-electron chi connectivity index (χ0n) is 27.6. The fourth-order valence-corrected chi connectivity index (χ4v) is 6.36. The molecule has 0 aliphatic heterocycles. The lowest BCUT2D eigenvalue weighted by Crippen LogP contribution is -2.12. The molecule has 0 fully saturated rings. The van der Waals surface area contributed by atoms with Gasteiger partial charge in [-0.05, 0) is 62.7 Å². The molecule has 0 amide bonds. The Balaban J connectivity index is 1.50. The SMILES string of the molecule is CC(C)(C)c1ccc(N=C2C(=Nc3ccc(C(C)(C)C)cc3-c3ccccc3)c3cccc4cccc2c34)c(-c2ccccc2)c1. The summed E-state index contributed by atoms with van der Waals surface area (Å²) in [5, 5.41) is 2.41. The minimum Gasteiger partial charge on any atom is -0.245 e. The zero-order valence-corrected chi connectivity index (χ0v) is 27.6. The molecule has 0 unspecified atom stereocenters. The van der Waals surface area contributed by atoms with E-state index in [0.717, 1.165) is 56.2 Å². The maximum atomic E-state index is 5.52. The molecule has 7 rings (SSSR count). The summed E-state index contributed by atoms with van der Waals surface area (Å²) in [4.78, 5) is 11.0. The summed E-state index contributed by atoms with van der Waals surface area (Å²) >= 11 is 0. The van der Waals surface area contributed by atoms with Gasteiger partial charge in [0, 0.05) is 27.6 Å². The van der Waals surface area contributed by atoms with E-state index >= 15 is 0 Å². The Kier molecular flexibility index (Phi) is 7.32. The summed E-state index contributed by atoms with van der Waals surface area (Å²) in [6, 6.07) is 47.7. The molecule has 6 aromatic rings. The first kappa shape index (κ1) is 29.6. The first-order valence-electron chi connectivity index (χ1n) is 16.2. The van der Waals surface area contributed by atoms with Gasteiger partial charge >= 0.3 is 0 Å². The number of aliphatic imine (C=N–C) groups is 2. The standard InChI is InChI=1S/C44H40N2/c1-43(2,3)32-23-25-38(36(27-32)29-15-9-7-10-16-29)45-41-34-21-13-19-31-20-14-22-35(40(31)34)42(41)46-39-26-24-33(44(4,5)6)28-37(39)30-17-11-8-12-18-30/h7-28H,1-6H3. The lowest BCUT2D eigenvalue weighted by Gasteiger charge is -2.21. The van der Waals surface area contributed by atoms with Crippen LogP contribution in [0.15, 0.2) is 143 Å². The van der Waals surface area contributed by atoms with Crippen LogP contribution in [-0.2, 0) is 10.8 Å². The normalized spacial score (nSPS) is 14.8. The van der Waals surface area contributed by atoms with Crippen LogP contribution in [0, 0.1) is 0 Å². The highest BCUT2D eigenvalue weighted by Crippen LogP contribution is 2.41. The molecule has 0 heterocycles. The predicted octanol–water partition coefficient (Wildman–Crippen LogP) is 12.0. The summed E-state index contributed by atoms with van der Waals surface area (Å²) in [5.74, 6) is 0. The van der Waals surface area contributed by atoms with E-state index in [1.54, 1.807) is 0 Å². The van der Waals surface area contributed by atoms with Gasteiger partial charge in [0.1, 0.15) is 0 Å². The molecule has 0 spiro atoms. The van der Waals surface area contributed by atoms with Gasteiger partial charge in [-0.3, -0.25) is 0 Å². The van der Waals surface area contributed by atoms with Crippen LogP contribution in [0.3, 0.4) is 0 Å². The summed E-state index contributed by atoms with van der Waals surface area (Å²) in [5.41, 5.74) is 13.1. The van der Waals surface area contributed by atoms with Crippen molar-refractivity contribution >= 4 is 33.6 Å². The van der Waals surface area contributed by atoms with Crippen molar-refractivity contribution in [2.75, 3.05) is 0 Å². The second-order valence-corrected chi connectivity index (χ2v) is 14.3. The molecule has 226 valence electrons. The molecule has 0 N–H and O–H groups in total. The molecule has 0 radical (unpaired) electrons. The third kappa shape index (κ3) is 5.49. The molecule has 1 aliphatic carbocycles. The fraction of sp³-hybridized carbons (Fsp3) is 0.182. The zero-order chi connectivity index (χ0) is 32.1. The molecular formula is C44H40N2. The molecule has 6 aromatic carbocycles. The van der Waals surface area contributed by atoms with E-state index in [1.807, 2.05) is 0 Å². The smallest absolute Gasteiger partial charge is 0.0979 e. The highest BCUT2D eigenvalue weighted by atomic mass is 14.8. The Bertz CT molecular complexity index is 1990. The quantitative estimate of drug-likeness (QED) is 0.193. The summed E-state index contributed by atoms with van der Waals surface area (Å²) in [6.45, 7) is 13.6. The third-order valence-electron chi connectivity index (χ3n) is 9.00. The van der Waals surface area contributed by atoms with Gasteiger partial charge in [0.25, 0.3) is 0 Å². The van der Waals surface area contributed by atoms with Crippen LogP contribution >= 0.6 is 0 Å². The molecule has 2 nitrogen and oxygen atoms in total. The molecule has 1 aliphatic rings. The van der Waals surface area contributed by atoms with Crippen molar-refractivity contribution in [3.63, 3.8) is 0 Å². The van der Waals surface area contributed by atoms with Gasteiger partial charge in [-0.1, -0.05) is 151 Å². The molecule has 0 atom stereocenters. The third-order valence-corrected chi connectivity index (χ3v) is 9.00. The van der Waals surface area contributed by atoms with E-state index in [4.69, 9.17) is 9.98 Å². The second-order valence-electron chi connectivity index (χ2n) is 14.3. The molecule has 0 saturated heterocycles. The van der Waals surface area contributed by atoms with E-state index in [1.165, 1.54) is 21.9 Å². The van der Waals surface area contributed by atoms with Crippen molar-refractivity contribution in [2.24, 2.45) is 9.98 Å². The van der Waals surface area contributed by atoms with Crippen molar-refractivity contribution in [1.82, 2.24) is 0 Å². The number of nitrogens with zero attached hydrogens (tertiary/aromatic N) is 2. The Labute approximate surface area is 273 Å². The summed E-state index contributed by atoms with van der Waals surface area (Å²) in [7, 11) is 0. The van der Waals surface area contributed by atoms with E-state index in [0.29, 0.717) is 0 Å². The largest absolute Gasteiger partial charge is 0.245 e. The van der Waals surface area contributed by atoms with E-state index in [2.05, 4.69) is 175 Å². The average molecular weight is 597 g/mol. The van der Waals surface area contributed by atoms with Crippen LogP contribution in [0.5, 0.6) is 0 Å². The van der Waals surface area contributed by atoms with Gasteiger partial charge in [0.15, 0.2) is 0 Å². The molecule has 46 heavy (non-hydrogen) atoms. The summed E-state index contributed by atoms with van der Waals surface area (Å²) < 4.78 is 0. The molecule has 0 bridgehead atoms. The first-order valence-corrected chi connectivity index (χ1v) is 16.2. The molecule has 0 saturated carbocycles. The minimum atomic E-state index is 0.0179. The Morgan fingerprint density at radius 1 is 0.391 bits per heavy atom. The van der Waals surface area contributed by atoms with Crippen LogP contribution in [0.4, 0.5) is 11.4 Å². The van der Waals surface area contributed by atoms with Crippen molar-refractivity contribution < 1.29 is 0 Å². The number of rotatable bonds is 4. The van der Waals surface area contributed by atoms with Gasteiger partial charge in [0.2, 0.25) is 0 Å². The highest BCUT2D eigenvalue weighted by Gasteiger charge is 2.28. The Morgan fingerprint density at radius 3 is 1.20 bits per heavy atom. The van der Waals surface area contributed by atoms with Crippen LogP contribution in [0.25, 0.3) is 33.0 Å². The topological polar surface area (TPSA) is 24.7 Å². The van der Waals surface area contributed by atoms with Crippen LogP contribution < -0.4 is 0 Å². The molecule has 0 aromatic heterocycles. The molecule has 2 heteroatoms. The minimum absolute atomic E-state index is 0.0179. The van der Waals surface area contributed by atoms with Gasteiger partial charge in [-0.15, -0.1) is 0 Å². The van der Waals surface area contributed by atoms with Crippen LogP contribution in [0.1, 0.15) is 63.8 Å². The van der Waals surface area contributed by atoms with E-state index in [9.17, 15) is 0 Å². The van der Waals surface area contributed by atoms with Crippen LogP contribution in [-0.4, -0.2) is 11.4 Å². The number of benzene rings is 6. The van der Waals surface area contributed by atoms with Gasteiger partial charge < -0.3 is 0 Å². The highest BCUT2D eigenvalue weighted by molar-refractivity contribution is 6.61. The van der Waals surface area contributed by atoms with E-state index in [-0.39, 0.29) is 10.8 Å². The maximum absolute atomic E-state index is 5.52. The average Bonchev–Trinajstić information content (AvgIpc) is 3.34. The van der Waals surface area contributed by atoms with Gasteiger partial charge in [0.05, 0.1) is 22.8 Å². The Morgan fingerprint density at radius 2 is 0.804 bits per heavy atom. The van der Waals surface area contributed by atoms with Crippen molar-refractivity contribution in [1.29, 1.82) is 0 Å². The fourth-order valence-electron chi connectivity index (χ4n) is 6.36. The maximum Gasteiger partial charge on any atom is 0.0979 e. The summed E-state index contributed by atoms with van der Waals surface area (Å²) in [6.07, 6.45) is 0. The number of hydrogen-bond donors (Lipinski definition) is 0. The first-order chi connectivity index (χ1) is 22.1. The van der Waals surface area contributed by atoms with Gasteiger partial charge in [-0.25, -0.2) is 9.98 Å². The Hall–Kier alpha value is -5.08. The van der Waals surface area contributed by atoms with Crippen molar-refractivity contribution in [2.45, 2.75) is 52.4 Å². The van der Waals surface area contributed by atoms with Crippen LogP contribution in [0.2, 0.25) is 0 Å². The van der Waals surface area contributed by atoms with Crippen molar-refractivity contribution in [3.8, 4) is 22.3 Å².